The summed E-state index contributed by atoms with van der Waals surface area (Å²) in [6, 6.07) is -0.630. The van der Waals surface area contributed by atoms with E-state index in [9.17, 15) is 14.7 Å². The molecule has 1 aliphatic rings. The normalized spacial score (nSPS) is 22.8. The maximum absolute atomic E-state index is 11.8. The summed E-state index contributed by atoms with van der Waals surface area (Å²) in [4.78, 5) is 29.8. The first kappa shape index (κ1) is 14.4. The van der Waals surface area contributed by atoms with Crippen molar-refractivity contribution in [1.82, 2.24) is 20.6 Å². The average Bonchev–Trinajstić information content (AvgIpc) is 2.82. The Morgan fingerprint density at radius 3 is 2.85 bits per heavy atom. The number of aromatic amines is 1. The van der Waals surface area contributed by atoms with Gasteiger partial charge in [0, 0.05) is 12.2 Å². The molecule has 1 fully saturated rings. The molecule has 0 aromatic carbocycles. The number of nitrogens with zero attached hydrogens (tertiary/aromatic N) is 1. The quantitative estimate of drug-likeness (QED) is 0.622. The highest BCUT2D eigenvalue weighted by atomic mass is 16.4. The van der Waals surface area contributed by atoms with E-state index in [4.69, 9.17) is 0 Å². The summed E-state index contributed by atoms with van der Waals surface area (Å²) in [5.41, 5.74) is 0.802. The summed E-state index contributed by atoms with van der Waals surface area (Å²) in [5, 5.41) is 14.7. The molecular weight excluding hydrogens is 260 g/mol. The van der Waals surface area contributed by atoms with E-state index >= 15 is 0 Å². The maximum Gasteiger partial charge on any atom is 0.315 e. The predicted octanol–water partition coefficient (Wildman–Crippen LogP) is 1.24. The highest BCUT2D eigenvalue weighted by molar-refractivity contribution is 5.76. The van der Waals surface area contributed by atoms with E-state index in [1.54, 1.807) is 12.5 Å². The lowest BCUT2D eigenvalue weighted by Gasteiger charge is -2.22. The van der Waals surface area contributed by atoms with Gasteiger partial charge in [0.1, 0.15) is 0 Å². The van der Waals surface area contributed by atoms with Gasteiger partial charge in [-0.25, -0.2) is 9.78 Å². The third-order valence-electron chi connectivity index (χ3n) is 3.64. The largest absolute Gasteiger partial charge is 0.481 e. The molecule has 2 rings (SSSR count). The molecule has 1 saturated carbocycles. The van der Waals surface area contributed by atoms with Gasteiger partial charge in [0.2, 0.25) is 0 Å². The Balaban J connectivity index is 1.85. The number of H-pyrrole nitrogens is 1. The van der Waals surface area contributed by atoms with E-state index in [1.807, 2.05) is 0 Å². The summed E-state index contributed by atoms with van der Waals surface area (Å²) in [5.74, 6) is -1.32. The zero-order chi connectivity index (χ0) is 14.4. The van der Waals surface area contributed by atoms with Crippen molar-refractivity contribution < 1.29 is 14.7 Å². The van der Waals surface area contributed by atoms with Crippen molar-refractivity contribution in [1.29, 1.82) is 0 Å². The van der Waals surface area contributed by atoms with Crippen LogP contribution in [0.15, 0.2) is 12.5 Å². The number of imidazole rings is 1. The Hall–Kier alpha value is -2.05. The van der Waals surface area contributed by atoms with Gasteiger partial charge < -0.3 is 20.7 Å². The van der Waals surface area contributed by atoms with Gasteiger partial charge in [-0.15, -0.1) is 0 Å². The number of urea groups is 1. The van der Waals surface area contributed by atoms with Crippen molar-refractivity contribution in [2.24, 2.45) is 5.92 Å². The fourth-order valence-corrected chi connectivity index (χ4v) is 2.55. The molecular formula is C13H20N4O3. The van der Waals surface area contributed by atoms with Crippen LogP contribution in [0.3, 0.4) is 0 Å². The fraction of sp³-hybridized carbons (Fsp3) is 0.615. The van der Waals surface area contributed by atoms with Crippen LogP contribution in [0.5, 0.6) is 0 Å². The minimum Gasteiger partial charge on any atom is -0.481 e. The zero-order valence-corrected chi connectivity index (χ0v) is 11.3. The van der Waals surface area contributed by atoms with Crippen LogP contribution in [-0.2, 0) is 11.3 Å². The number of hydrogen-bond acceptors (Lipinski definition) is 3. The number of carbonyl (C=O) groups is 2. The van der Waals surface area contributed by atoms with Crippen molar-refractivity contribution in [2.75, 3.05) is 0 Å². The molecule has 2 unspecified atom stereocenters. The summed E-state index contributed by atoms with van der Waals surface area (Å²) >= 11 is 0. The van der Waals surface area contributed by atoms with E-state index in [-0.39, 0.29) is 12.1 Å². The van der Waals surface area contributed by atoms with Crippen LogP contribution in [-0.4, -0.2) is 33.1 Å². The topological polar surface area (TPSA) is 107 Å². The second-order valence-corrected chi connectivity index (χ2v) is 5.09. The highest BCUT2D eigenvalue weighted by Crippen LogP contribution is 2.23. The van der Waals surface area contributed by atoms with Crippen LogP contribution >= 0.6 is 0 Å². The van der Waals surface area contributed by atoms with Crippen molar-refractivity contribution in [2.45, 2.75) is 44.7 Å². The Kier molecular flexibility index (Phi) is 4.97. The number of carboxylic acid groups (broad SMARTS) is 1. The molecule has 0 aliphatic heterocycles. The monoisotopic (exact) mass is 280 g/mol. The first-order chi connectivity index (χ1) is 9.66. The predicted molar refractivity (Wildman–Crippen MR) is 72.0 cm³/mol. The highest BCUT2D eigenvalue weighted by Gasteiger charge is 2.30. The number of carbonyl (C=O) groups excluding carboxylic acids is 1. The molecule has 20 heavy (non-hydrogen) atoms. The lowest BCUT2D eigenvalue weighted by molar-refractivity contribution is -0.142. The Bertz CT molecular complexity index is 446. The van der Waals surface area contributed by atoms with Crippen molar-refractivity contribution >= 4 is 12.0 Å². The van der Waals surface area contributed by atoms with Gasteiger partial charge >= 0.3 is 12.0 Å². The van der Waals surface area contributed by atoms with Gasteiger partial charge in [0.05, 0.1) is 24.5 Å². The number of rotatable bonds is 4. The van der Waals surface area contributed by atoms with E-state index in [2.05, 4.69) is 20.6 Å². The second kappa shape index (κ2) is 6.93. The number of aliphatic carboxylic acids is 1. The number of hydrogen-bond donors (Lipinski definition) is 4. The first-order valence-electron chi connectivity index (χ1n) is 6.91. The Labute approximate surface area is 117 Å². The summed E-state index contributed by atoms with van der Waals surface area (Å²) < 4.78 is 0. The third-order valence-corrected chi connectivity index (χ3v) is 3.64. The van der Waals surface area contributed by atoms with Crippen molar-refractivity contribution in [3.8, 4) is 0 Å². The molecule has 110 valence electrons. The molecule has 0 spiro atoms. The lowest BCUT2D eigenvalue weighted by atomic mass is 9.95. The lowest BCUT2D eigenvalue weighted by Crippen LogP contribution is -2.47. The van der Waals surface area contributed by atoms with Crippen LogP contribution in [0.1, 0.15) is 37.8 Å². The molecule has 4 N–H and O–H groups in total. The van der Waals surface area contributed by atoms with Crippen LogP contribution < -0.4 is 10.6 Å². The minimum absolute atomic E-state index is 0.295. The molecule has 1 aromatic rings. The van der Waals surface area contributed by atoms with E-state index in [1.165, 1.54) is 0 Å². The van der Waals surface area contributed by atoms with Crippen LogP contribution in [0.25, 0.3) is 0 Å². The Morgan fingerprint density at radius 2 is 2.15 bits per heavy atom. The molecule has 0 bridgehead atoms. The average molecular weight is 280 g/mol. The molecule has 2 atom stereocenters. The van der Waals surface area contributed by atoms with Crippen LogP contribution in [0, 0.1) is 5.92 Å². The maximum atomic E-state index is 11.8. The van der Waals surface area contributed by atoms with E-state index < -0.39 is 11.9 Å². The summed E-state index contributed by atoms with van der Waals surface area (Å²) in [6.45, 7) is 0.344. The molecule has 1 aliphatic carbocycles. The number of nitrogens with one attached hydrogen (secondary N) is 3. The number of aromatic nitrogens is 2. The molecule has 1 aromatic heterocycles. The SMILES string of the molecule is O=C(NCc1cnc[nH]1)NC1CCCCCC1C(=O)O. The van der Waals surface area contributed by atoms with Gasteiger partial charge in [-0.2, -0.15) is 0 Å². The van der Waals surface area contributed by atoms with Crippen LogP contribution in [0.2, 0.25) is 0 Å². The van der Waals surface area contributed by atoms with Gasteiger partial charge in [-0.05, 0) is 12.8 Å². The summed E-state index contributed by atoms with van der Waals surface area (Å²) in [7, 11) is 0. The van der Waals surface area contributed by atoms with E-state index in [0.29, 0.717) is 19.4 Å². The minimum atomic E-state index is -0.828. The smallest absolute Gasteiger partial charge is 0.315 e. The van der Waals surface area contributed by atoms with Crippen molar-refractivity contribution in [3.05, 3.63) is 18.2 Å². The molecule has 2 amide bonds. The standard InChI is InChI=1S/C13H20N4O3/c18-12(19)10-4-2-1-3-5-11(10)17-13(20)15-7-9-6-14-8-16-9/h6,8,10-11H,1-5,7H2,(H,14,16)(H,18,19)(H2,15,17,20). The number of carboxylic acids is 1. The molecule has 0 radical (unpaired) electrons. The van der Waals surface area contributed by atoms with Gasteiger partial charge in [0.25, 0.3) is 0 Å². The first-order valence-corrected chi connectivity index (χ1v) is 6.91. The molecule has 0 saturated heterocycles. The molecule has 7 heteroatoms. The van der Waals surface area contributed by atoms with Crippen molar-refractivity contribution in [3.63, 3.8) is 0 Å². The third kappa shape index (κ3) is 3.97. The van der Waals surface area contributed by atoms with Crippen LogP contribution in [0.4, 0.5) is 4.79 Å². The molecule has 1 heterocycles. The number of amides is 2. The molecule has 7 nitrogen and oxygen atoms in total. The zero-order valence-electron chi connectivity index (χ0n) is 11.3. The Morgan fingerprint density at radius 1 is 1.35 bits per heavy atom. The van der Waals surface area contributed by atoms with E-state index in [0.717, 1.165) is 25.0 Å². The van der Waals surface area contributed by atoms with Gasteiger partial charge in [-0.3, -0.25) is 4.79 Å². The second-order valence-electron chi connectivity index (χ2n) is 5.09. The summed E-state index contributed by atoms with van der Waals surface area (Å²) in [6.07, 6.45) is 7.40. The van der Waals surface area contributed by atoms with Gasteiger partial charge in [-0.1, -0.05) is 19.3 Å². The van der Waals surface area contributed by atoms with Gasteiger partial charge in [0.15, 0.2) is 0 Å². The fourth-order valence-electron chi connectivity index (χ4n) is 2.55.